The molecule has 3 aliphatic rings. The summed E-state index contributed by atoms with van der Waals surface area (Å²) in [5.41, 5.74) is -1.31. The van der Waals surface area contributed by atoms with Crippen molar-refractivity contribution >= 4 is 28.6 Å². The van der Waals surface area contributed by atoms with E-state index < -0.39 is 45.8 Å². The normalized spacial score (nSPS) is 22.0. The number of amides is 4. The van der Waals surface area contributed by atoms with E-state index in [4.69, 9.17) is 18.4 Å². The predicted octanol–water partition coefficient (Wildman–Crippen LogP) is 2.92. The Morgan fingerprint density at radius 3 is 2.26 bits per heavy atom. The third-order valence-electron chi connectivity index (χ3n) is 7.02. The maximum Gasteiger partial charge on any atom is 0.418 e. The number of nitrogens with zero attached hydrogens (tertiary/aromatic N) is 6. The summed E-state index contributed by atoms with van der Waals surface area (Å²) in [5, 5.41) is 8.88. The average Bonchev–Trinajstić information content (AvgIpc) is 3.41. The number of rotatable bonds is 7. The molecule has 236 valence electrons. The number of piperidine rings is 2. The van der Waals surface area contributed by atoms with E-state index in [2.05, 4.69) is 14.5 Å². The molecule has 4 rings (SSSR count). The highest BCUT2D eigenvalue weighted by molar-refractivity contribution is 7.80. The Labute approximate surface area is 245 Å². The molecule has 0 aromatic carbocycles. The maximum atomic E-state index is 13.2. The summed E-state index contributed by atoms with van der Waals surface area (Å²) in [6.07, 6.45) is 1.24. The first-order chi connectivity index (χ1) is 19.4. The van der Waals surface area contributed by atoms with Crippen LogP contribution in [0.2, 0.25) is 0 Å². The zero-order chi connectivity index (χ0) is 31.0. The smallest absolute Gasteiger partial charge is 0.418 e. The van der Waals surface area contributed by atoms with E-state index in [1.807, 2.05) is 20.8 Å². The molecule has 0 aliphatic carbocycles. The van der Waals surface area contributed by atoms with Crippen LogP contribution in [0.3, 0.4) is 0 Å². The minimum absolute atomic E-state index is 0.172. The van der Waals surface area contributed by atoms with Crippen molar-refractivity contribution in [3.8, 4) is 0 Å². The van der Waals surface area contributed by atoms with Crippen molar-refractivity contribution in [2.75, 3.05) is 26.2 Å². The van der Waals surface area contributed by atoms with Crippen molar-refractivity contribution in [1.29, 1.82) is 0 Å². The quantitative estimate of drug-likeness (QED) is 0.442. The number of carbonyl (C=O) groups is 3. The van der Waals surface area contributed by atoms with Gasteiger partial charge in [0.15, 0.2) is 0 Å². The molecule has 0 spiro atoms. The number of hydroxylamine groups is 2. The van der Waals surface area contributed by atoms with Crippen LogP contribution in [0.15, 0.2) is 4.42 Å². The highest BCUT2D eigenvalue weighted by Gasteiger charge is 2.49. The van der Waals surface area contributed by atoms with Crippen LogP contribution >= 0.6 is 0 Å². The van der Waals surface area contributed by atoms with Crippen LogP contribution < -0.4 is 0 Å². The van der Waals surface area contributed by atoms with E-state index in [9.17, 15) is 22.8 Å². The molecule has 0 saturated carbocycles. The molecule has 16 nitrogen and oxygen atoms in total. The maximum absolute atomic E-state index is 13.2. The van der Waals surface area contributed by atoms with Gasteiger partial charge in [-0.3, -0.25) is 4.55 Å². The first-order valence-corrected chi connectivity index (χ1v) is 15.3. The number of hydrogen-bond donors (Lipinski definition) is 1. The minimum atomic E-state index is -4.86. The van der Waals surface area contributed by atoms with Gasteiger partial charge in [-0.05, 0) is 67.2 Å². The molecular weight excluding hydrogens is 576 g/mol. The van der Waals surface area contributed by atoms with Gasteiger partial charge in [0.05, 0.1) is 6.04 Å². The van der Waals surface area contributed by atoms with Crippen LogP contribution in [-0.2, 0) is 30.6 Å². The Hall–Kier alpha value is -3.18. The molecule has 2 atom stereocenters. The lowest BCUT2D eigenvalue weighted by Crippen LogP contribution is -2.51. The van der Waals surface area contributed by atoms with Gasteiger partial charge in [0.25, 0.3) is 0 Å². The molecule has 3 fully saturated rings. The number of ether oxygens (including phenoxy) is 2. The lowest BCUT2D eigenvalue weighted by atomic mass is 10.0. The molecule has 0 radical (unpaired) electrons. The van der Waals surface area contributed by atoms with Gasteiger partial charge in [-0.15, -0.1) is 14.5 Å². The van der Waals surface area contributed by atoms with Crippen LogP contribution in [0.5, 0.6) is 0 Å². The number of fused-ring (bicyclic) bond motifs is 2. The van der Waals surface area contributed by atoms with Crippen LogP contribution in [0.4, 0.5) is 14.4 Å². The van der Waals surface area contributed by atoms with Crippen LogP contribution in [0.1, 0.15) is 85.0 Å². The summed E-state index contributed by atoms with van der Waals surface area (Å²) in [7, 11) is -4.86. The van der Waals surface area contributed by atoms with Crippen molar-refractivity contribution in [3.63, 3.8) is 0 Å². The van der Waals surface area contributed by atoms with Gasteiger partial charge >= 0.3 is 28.6 Å². The molecule has 42 heavy (non-hydrogen) atoms. The summed E-state index contributed by atoms with van der Waals surface area (Å²) in [4.78, 5) is 43.1. The zero-order valence-electron chi connectivity index (χ0n) is 24.8. The van der Waals surface area contributed by atoms with Crippen LogP contribution in [-0.4, -0.2) is 111 Å². The monoisotopic (exact) mass is 616 g/mol. The van der Waals surface area contributed by atoms with E-state index >= 15 is 0 Å². The lowest BCUT2D eigenvalue weighted by molar-refractivity contribution is -0.0317. The molecule has 1 aromatic rings. The predicted molar refractivity (Wildman–Crippen MR) is 144 cm³/mol. The summed E-state index contributed by atoms with van der Waals surface area (Å²) in [6, 6.07) is -2.05. The molecule has 3 saturated heterocycles. The van der Waals surface area contributed by atoms with Crippen molar-refractivity contribution < 1.29 is 45.5 Å². The number of likely N-dealkylation sites (tertiary alicyclic amines) is 1. The number of urea groups is 1. The molecule has 0 unspecified atom stereocenters. The molecule has 3 aliphatic heterocycles. The standard InChI is InChI=1S/C25H40N6O10S/c1-24(2,3)39-22(33)28-12-9-16(10-13-28)29(23(34)40-25(4,5)6)14-11-19-26-27-20(38-19)18-8-7-17-15-30(18)21(32)31(17)41-42(35,36)37/h16-18H,7-15H2,1-6H3,(H,35,36,37)/t17-,18+/m1/s1. The molecular formula is C25H40N6O10S. The van der Waals surface area contributed by atoms with Gasteiger partial charge in [0, 0.05) is 38.6 Å². The molecule has 1 N–H and O–H groups in total. The fraction of sp³-hybridized carbons (Fsp3) is 0.800. The second-order valence-electron chi connectivity index (χ2n) is 12.7. The fourth-order valence-corrected chi connectivity index (χ4v) is 5.63. The van der Waals surface area contributed by atoms with Gasteiger partial charge in [-0.2, -0.15) is 13.5 Å². The Kier molecular flexibility index (Phi) is 8.95. The Balaban J connectivity index is 1.40. The zero-order valence-corrected chi connectivity index (χ0v) is 25.6. The molecule has 4 heterocycles. The Morgan fingerprint density at radius 2 is 1.67 bits per heavy atom. The average molecular weight is 617 g/mol. The lowest BCUT2D eigenvalue weighted by Gasteiger charge is -2.39. The summed E-state index contributed by atoms with van der Waals surface area (Å²) < 4.78 is 52.8. The molecule has 2 bridgehead atoms. The minimum Gasteiger partial charge on any atom is -0.444 e. The van der Waals surface area contributed by atoms with Crippen molar-refractivity contribution in [2.45, 2.75) is 103 Å². The molecule has 1 aromatic heterocycles. The summed E-state index contributed by atoms with van der Waals surface area (Å²) >= 11 is 0. The van der Waals surface area contributed by atoms with Gasteiger partial charge in [0.1, 0.15) is 17.2 Å². The summed E-state index contributed by atoms with van der Waals surface area (Å²) in [6.45, 7) is 12.0. The number of carbonyl (C=O) groups excluding carboxylic acids is 3. The number of hydrogen-bond acceptors (Lipinski definition) is 11. The van der Waals surface area contributed by atoms with E-state index in [-0.39, 0.29) is 43.4 Å². The van der Waals surface area contributed by atoms with Crippen LogP contribution in [0.25, 0.3) is 0 Å². The van der Waals surface area contributed by atoms with Gasteiger partial charge < -0.3 is 28.6 Å². The SMILES string of the molecule is CC(C)(C)OC(=O)N1CCC(N(CCc2nnc([C@@H]3CC[C@@H]4CN3C(=O)N4OS(=O)(=O)O)o2)C(=O)OC(C)(C)C)CC1. The molecule has 4 amide bonds. The second kappa shape index (κ2) is 11.8. The third-order valence-corrected chi connectivity index (χ3v) is 7.37. The Morgan fingerprint density at radius 1 is 1.02 bits per heavy atom. The van der Waals surface area contributed by atoms with Crippen LogP contribution in [0, 0.1) is 0 Å². The Bertz CT molecular complexity index is 1270. The summed E-state index contributed by atoms with van der Waals surface area (Å²) in [5.74, 6) is 0.435. The van der Waals surface area contributed by atoms with E-state index in [0.717, 1.165) is 0 Å². The first-order valence-electron chi connectivity index (χ1n) is 14.0. The fourth-order valence-electron chi connectivity index (χ4n) is 5.24. The van der Waals surface area contributed by atoms with Crippen molar-refractivity contribution in [1.82, 2.24) is 30.0 Å². The van der Waals surface area contributed by atoms with Gasteiger partial charge in [-0.1, -0.05) is 0 Å². The topological polar surface area (TPSA) is 185 Å². The third kappa shape index (κ3) is 8.01. The van der Waals surface area contributed by atoms with Gasteiger partial charge in [-0.25, -0.2) is 14.4 Å². The highest BCUT2D eigenvalue weighted by atomic mass is 32.3. The first kappa shape index (κ1) is 31.7. The largest absolute Gasteiger partial charge is 0.444 e. The van der Waals surface area contributed by atoms with Crippen molar-refractivity contribution in [2.24, 2.45) is 0 Å². The second-order valence-corrected chi connectivity index (χ2v) is 13.7. The van der Waals surface area contributed by atoms with E-state index in [1.54, 1.807) is 30.6 Å². The highest BCUT2D eigenvalue weighted by Crippen LogP contribution is 2.38. The van der Waals surface area contributed by atoms with E-state index in [1.165, 1.54) is 4.90 Å². The molecule has 17 heteroatoms. The van der Waals surface area contributed by atoms with Crippen molar-refractivity contribution in [3.05, 3.63) is 11.8 Å². The number of aromatic nitrogens is 2. The van der Waals surface area contributed by atoms with E-state index in [0.29, 0.717) is 43.8 Å². The van der Waals surface area contributed by atoms with Gasteiger partial charge in [0.2, 0.25) is 11.8 Å².